The Morgan fingerprint density at radius 2 is 1.90 bits per heavy atom. The summed E-state index contributed by atoms with van der Waals surface area (Å²) in [5.41, 5.74) is 1.74. The molecule has 0 unspecified atom stereocenters. The van der Waals surface area contributed by atoms with Crippen molar-refractivity contribution in [3.63, 3.8) is 0 Å². The summed E-state index contributed by atoms with van der Waals surface area (Å²) in [5.74, 6) is 0.0786. The van der Waals surface area contributed by atoms with Crippen molar-refractivity contribution in [1.29, 1.82) is 0 Å². The van der Waals surface area contributed by atoms with Gasteiger partial charge in [-0.2, -0.15) is 0 Å². The molecule has 21 heavy (non-hydrogen) atoms. The first-order valence-electron chi connectivity index (χ1n) is 6.19. The monoisotopic (exact) mass is 304 g/mol. The van der Waals surface area contributed by atoms with E-state index in [1.165, 1.54) is 7.11 Å². The lowest BCUT2D eigenvalue weighted by Gasteiger charge is -2.09. The Balaban J connectivity index is 2.06. The molecule has 0 aliphatic heterocycles. The third-order valence-electron chi connectivity index (χ3n) is 2.87. The number of carbonyl (C=O) groups is 2. The highest BCUT2D eigenvalue weighted by Gasteiger charge is 2.06. The second kappa shape index (κ2) is 6.90. The number of hydrogen-bond acceptors (Lipinski definition) is 4. The minimum Gasteiger partial charge on any atom is -0.488 e. The maximum atomic E-state index is 11.3. The molecule has 0 radical (unpaired) electrons. The maximum absolute atomic E-state index is 11.3. The normalized spacial score (nSPS) is 10.0. The van der Waals surface area contributed by atoms with Gasteiger partial charge in [0, 0.05) is 5.02 Å². The first kappa shape index (κ1) is 15.1. The molecule has 0 bridgehead atoms. The first-order valence-corrected chi connectivity index (χ1v) is 6.56. The average molecular weight is 305 g/mol. The van der Waals surface area contributed by atoms with Crippen molar-refractivity contribution in [1.82, 2.24) is 0 Å². The fourth-order valence-corrected chi connectivity index (χ4v) is 1.94. The van der Waals surface area contributed by atoms with E-state index in [-0.39, 0.29) is 12.6 Å². The summed E-state index contributed by atoms with van der Waals surface area (Å²) in [6.07, 6.45) is 0.696. The molecule has 0 fully saturated rings. The van der Waals surface area contributed by atoms with Crippen molar-refractivity contribution in [2.24, 2.45) is 0 Å². The molecule has 4 nitrogen and oxygen atoms in total. The van der Waals surface area contributed by atoms with Gasteiger partial charge in [-0.05, 0) is 35.9 Å². The number of halogens is 1. The van der Waals surface area contributed by atoms with Gasteiger partial charge in [0.05, 0.1) is 18.2 Å². The zero-order valence-electron chi connectivity index (χ0n) is 11.3. The molecule has 0 amide bonds. The van der Waals surface area contributed by atoms with E-state index in [9.17, 15) is 9.59 Å². The number of ether oxygens (including phenoxy) is 2. The number of rotatable bonds is 5. The molecule has 0 atom stereocenters. The van der Waals surface area contributed by atoms with Gasteiger partial charge in [-0.15, -0.1) is 0 Å². The van der Waals surface area contributed by atoms with Gasteiger partial charge in [0.15, 0.2) is 6.29 Å². The number of hydrogen-bond donors (Lipinski definition) is 0. The van der Waals surface area contributed by atoms with Crippen LogP contribution in [0.1, 0.15) is 26.3 Å². The number of benzene rings is 2. The third kappa shape index (κ3) is 3.83. The molecule has 0 aliphatic carbocycles. The predicted molar refractivity (Wildman–Crippen MR) is 79.0 cm³/mol. The number of methoxy groups -OCH3 is 1. The molecule has 0 saturated carbocycles. The van der Waals surface area contributed by atoms with Crippen molar-refractivity contribution in [3.8, 4) is 5.75 Å². The van der Waals surface area contributed by atoms with Crippen LogP contribution in [-0.4, -0.2) is 19.4 Å². The standard InChI is InChI=1S/C16H13ClO4/c1-20-16(19)12-4-2-11(3-5-12)10-21-15-7-6-14(17)8-13(15)9-18/h2-9H,10H2,1H3. The number of aldehydes is 1. The van der Waals surface area contributed by atoms with Crippen molar-refractivity contribution in [2.45, 2.75) is 6.61 Å². The van der Waals surface area contributed by atoms with E-state index in [1.54, 1.807) is 42.5 Å². The summed E-state index contributed by atoms with van der Waals surface area (Å²) in [5, 5.41) is 0.479. The number of carbonyl (C=O) groups excluding carboxylic acids is 2. The highest BCUT2D eigenvalue weighted by atomic mass is 35.5. The lowest BCUT2D eigenvalue weighted by molar-refractivity contribution is 0.0600. The van der Waals surface area contributed by atoms with Crippen LogP contribution in [-0.2, 0) is 11.3 Å². The van der Waals surface area contributed by atoms with Crippen LogP contribution in [0.15, 0.2) is 42.5 Å². The summed E-state index contributed by atoms with van der Waals surface area (Å²) in [4.78, 5) is 22.3. The quantitative estimate of drug-likeness (QED) is 0.626. The highest BCUT2D eigenvalue weighted by molar-refractivity contribution is 6.30. The van der Waals surface area contributed by atoms with Crippen molar-refractivity contribution in [2.75, 3.05) is 7.11 Å². The SMILES string of the molecule is COC(=O)c1ccc(COc2ccc(Cl)cc2C=O)cc1. The van der Waals surface area contributed by atoms with Crippen LogP contribution in [0.2, 0.25) is 5.02 Å². The molecule has 108 valence electrons. The molecule has 0 N–H and O–H groups in total. The van der Waals surface area contributed by atoms with Gasteiger partial charge in [-0.25, -0.2) is 4.79 Å². The van der Waals surface area contributed by atoms with Gasteiger partial charge in [0.25, 0.3) is 0 Å². The molecule has 2 aromatic carbocycles. The van der Waals surface area contributed by atoms with E-state index in [4.69, 9.17) is 16.3 Å². The molecule has 0 aromatic heterocycles. The average Bonchev–Trinajstić information content (AvgIpc) is 2.53. The molecular formula is C16H13ClO4. The topological polar surface area (TPSA) is 52.6 Å². The van der Waals surface area contributed by atoms with Crippen LogP contribution in [0.5, 0.6) is 5.75 Å². The summed E-state index contributed by atoms with van der Waals surface area (Å²) >= 11 is 5.82. The largest absolute Gasteiger partial charge is 0.488 e. The lowest BCUT2D eigenvalue weighted by Crippen LogP contribution is -2.02. The van der Waals surface area contributed by atoms with Crippen molar-refractivity contribution >= 4 is 23.9 Å². The summed E-state index contributed by atoms with van der Waals surface area (Å²) in [7, 11) is 1.33. The second-order valence-corrected chi connectivity index (χ2v) is 4.71. The van der Waals surface area contributed by atoms with Crippen LogP contribution in [0.3, 0.4) is 0 Å². The molecule has 0 heterocycles. The Morgan fingerprint density at radius 3 is 2.52 bits per heavy atom. The van der Waals surface area contributed by atoms with E-state index < -0.39 is 0 Å². The molecule has 0 spiro atoms. The van der Waals surface area contributed by atoms with E-state index in [0.29, 0.717) is 28.2 Å². The maximum Gasteiger partial charge on any atom is 0.337 e. The Hall–Kier alpha value is -2.33. The fraction of sp³-hybridized carbons (Fsp3) is 0.125. The van der Waals surface area contributed by atoms with Gasteiger partial charge in [-0.3, -0.25) is 4.79 Å². The third-order valence-corrected chi connectivity index (χ3v) is 3.10. The second-order valence-electron chi connectivity index (χ2n) is 4.28. The van der Waals surface area contributed by atoms with E-state index in [0.717, 1.165) is 5.56 Å². The molecule has 2 aromatic rings. The van der Waals surface area contributed by atoms with Gasteiger partial charge in [-0.1, -0.05) is 23.7 Å². The summed E-state index contributed by atoms with van der Waals surface area (Å²) < 4.78 is 10.2. The van der Waals surface area contributed by atoms with Crippen LogP contribution >= 0.6 is 11.6 Å². The van der Waals surface area contributed by atoms with Gasteiger partial charge >= 0.3 is 5.97 Å². The summed E-state index contributed by atoms with van der Waals surface area (Å²) in [6.45, 7) is 0.282. The van der Waals surface area contributed by atoms with Gasteiger partial charge < -0.3 is 9.47 Å². The predicted octanol–water partition coefficient (Wildman–Crippen LogP) is 3.52. The zero-order valence-corrected chi connectivity index (χ0v) is 12.1. The molecule has 2 rings (SSSR count). The van der Waals surface area contributed by atoms with E-state index >= 15 is 0 Å². The smallest absolute Gasteiger partial charge is 0.337 e. The minimum atomic E-state index is -0.386. The summed E-state index contributed by atoms with van der Waals surface area (Å²) in [6, 6.07) is 11.7. The Morgan fingerprint density at radius 1 is 1.19 bits per heavy atom. The van der Waals surface area contributed by atoms with Crippen LogP contribution in [0.4, 0.5) is 0 Å². The highest BCUT2D eigenvalue weighted by Crippen LogP contribution is 2.22. The number of esters is 1. The van der Waals surface area contributed by atoms with Crippen molar-refractivity contribution in [3.05, 3.63) is 64.2 Å². The molecule has 5 heteroatoms. The first-order chi connectivity index (χ1) is 10.1. The van der Waals surface area contributed by atoms with Gasteiger partial charge in [0.1, 0.15) is 12.4 Å². The van der Waals surface area contributed by atoms with Crippen LogP contribution < -0.4 is 4.74 Å². The van der Waals surface area contributed by atoms with E-state index in [1.807, 2.05) is 0 Å². The van der Waals surface area contributed by atoms with Crippen molar-refractivity contribution < 1.29 is 19.1 Å². The molecule has 0 aliphatic rings. The Bertz CT molecular complexity index is 650. The van der Waals surface area contributed by atoms with Gasteiger partial charge in [0.2, 0.25) is 0 Å². The molecular weight excluding hydrogens is 292 g/mol. The lowest BCUT2D eigenvalue weighted by atomic mass is 10.1. The minimum absolute atomic E-state index is 0.282. The Labute approximate surface area is 127 Å². The Kier molecular flexibility index (Phi) is 4.95. The van der Waals surface area contributed by atoms with Crippen LogP contribution in [0.25, 0.3) is 0 Å². The van der Waals surface area contributed by atoms with E-state index in [2.05, 4.69) is 4.74 Å². The van der Waals surface area contributed by atoms with Crippen LogP contribution in [0, 0.1) is 0 Å². The molecule has 0 saturated heterocycles. The fourth-order valence-electron chi connectivity index (χ4n) is 1.76. The zero-order chi connectivity index (χ0) is 15.2.